The SMILES string of the molecule is CC(C)C[C@H](NC(=O)[C@@H](Br)c1ccccc1)C(=O)OCc1ccccc1. The second-order valence-corrected chi connectivity index (χ2v) is 7.47. The van der Waals surface area contributed by atoms with Crippen molar-refractivity contribution in [2.24, 2.45) is 5.92 Å². The molecule has 0 aromatic heterocycles. The first-order chi connectivity index (χ1) is 12.5. The van der Waals surface area contributed by atoms with E-state index in [1.807, 2.05) is 74.5 Å². The highest BCUT2D eigenvalue weighted by molar-refractivity contribution is 9.09. The minimum atomic E-state index is -0.671. The van der Waals surface area contributed by atoms with Crippen LogP contribution in [0.15, 0.2) is 60.7 Å². The van der Waals surface area contributed by atoms with Gasteiger partial charge in [-0.1, -0.05) is 90.4 Å². The van der Waals surface area contributed by atoms with Crippen molar-refractivity contribution in [1.82, 2.24) is 5.32 Å². The monoisotopic (exact) mass is 417 g/mol. The summed E-state index contributed by atoms with van der Waals surface area (Å²) in [5.74, 6) is -0.419. The number of carbonyl (C=O) groups excluding carboxylic acids is 2. The Labute approximate surface area is 163 Å². The molecule has 1 N–H and O–H groups in total. The fraction of sp³-hybridized carbons (Fsp3) is 0.333. The van der Waals surface area contributed by atoms with E-state index in [0.29, 0.717) is 6.42 Å². The number of halogens is 1. The number of carbonyl (C=O) groups is 2. The van der Waals surface area contributed by atoms with Gasteiger partial charge in [-0.3, -0.25) is 4.79 Å². The second kappa shape index (κ2) is 10.1. The minimum Gasteiger partial charge on any atom is -0.459 e. The third-order valence-electron chi connectivity index (χ3n) is 3.85. The van der Waals surface area contributed by atoms with Gasteiger partial charge in [0.25, 0.3) is 0 Å². The van der Waals surface area contributed by atoms with Crippen LogP contribution < -0.4 is 5.32 Å². The third kappa shape index (κ3) is 6.30. The summed E-state index contributed by atoms with van der Waals surface area (Å²) >= 11 is 3.41. The van der Waals surface area contributed by atoms with Crippen molar-refractivity contribution >= 4 is 27.8 Å². The van der Waals surface area contributed by atoms with Crippen molar-refractivity contribution in [3.05, 3.63) is 71.8 Å². The van der Waals surface area contributed by atoms with Crippen LogP contribution in [0.2, 0.25) is 0 Å². The van der Waals surface area contributed by atoms with Crippen LogP contribution in [-0.2, 0) is 20.9 Å². The van der Waals surface area contributed by atoms with Gasteiger partial charge in [0, 0.05) is 0 Å². The van der Waals surface area contributed by atoms with Crippen molar-refractivity contribution in [3.63, 3.8) is 0 Å². The third-order valence-corrected chi connectivity index (χ3v) is 4.80. The lowest BCUT2D eigenvalue weighted by molar-refractivity contribution is -0.149. The van der Waals surface area contributed by atoms with E-state index in [1.54, 1.807) is 0 Å². The summed E-state index contributed by atoms with van der Waals surface area (Å²) < 4.78 is 5.41. The van der Waals surface area contributed by atoms with Crippen LogP contribution in [0.1, 0.15) is 36.2 Å². The Kier molecular flexibility index (Phi) is 7.85. The average Bonchev–Trinajstić information content (AvgIpc) is 2.66. The standard InChI is InChI=1S/C21H24BrNO3/c1-15(2)13-18(21(25)26-14-16-9-5-3-6-10-16)23-20(24)19(22)17-11-7-4-8-12-17/h3-12,15,18-19H,13-14H2,1-2H3,(H,23,24)/t18-,19-/m0/s1. The average molecular weight is 418 g/mol. The largest absolute Gasteiger partial charge is 0.459 e. The van der Waals surface area contributed by atoms with E-state index in [4.69, 9.17) is 4.74 Å². The lowest BCUT2D eigenvalue weighted by atomic mass is 10.0. The van der Waals surface area contributed by atoms with Gasteiger partial charge in [0.1, 0.15) is 17.5 Å². The van der Waals surface area contributed by atoms with Gasteiger partial charge in [-0.2, -0.15) is 0 Å². The zero-order chi connectivity index (χ0) is 18.9. The Morgan fingerprint density at radius 1 is 1.00 bits per heavy atom. The summed E-state index contributed by atoms with van der Waals surface area (Å²) in [4.78, 5) is 24.5. The van der Waals surface area contributed by atoms with Crippen molar-refractivity contribution in [1.29, 1.82) is 0 Å². The molecule has 0 fully saturated rings. The smallest absolute Gasteiger partial charge is 0.328 e. The highest BCUT2D eigenvalue weighted by Crippen LogP contribution is 2.23. The molecule has 4 nitrogen and oxygen atoms in total. The zero-order valence-electron chi connectivity index (χ0n) is 15.0. The van der Waals surface area contributed by atoms with Gasteiger partial charge < -0.3 is 10.1 Å². The molecule has 0 heterocycles. The molecule has 2 atom stereocenters. The molecule has 26 heavy (non-hydrogen) atoms. The van der Waals surface area contributed by atoms with Crippen molar-refractivity contribution < 1.29 is 14.3 Å². The lowest BCUT2D eigenvalue weighted by Crippen LogP contribution is -2.43. The molecule has 1 amide bonds. The molecule has 0 aliphatic heterocycles. The normalized spacial score (nSPS) is 13.1. The van der Waals surface area contributed by atoms with Crippen molar-refractivity contribution in [2.75, 3.05) is 0 Å². The maximum absolute atomic E-state index is 12.5. The van der Waals surface area contributed by atoms with Crippen LogP contribution >= 0.6 is 15.9 Å². The van der Waals surface area contributed by atoms with Gasteiger partial charge in [0.15, 0.2) is 0 Å². The molecule has 2 aromatic carbocycles. The van der Waals surface area contributed by atoms with E-state index in [9.17, 15) is 9.59 Å². The van der Waals surface area contributed by atoms with Gasteiger partial charge in [0.05, 0.1) is 0 Å². The molecule has 0 saturated carbocycles. The number of rotatable bonds is 8. The summed E-state index contributed by atoms with van der Waals surface area (Å²) in [5.41, 5.74) is 1.75. The van der Waals surface area contributed by atoms with Crippen LogP contribution in [-0.4, -0.2) is 17.9 Å². The predicted octanol–water partition coefficient (Wildman–Crippen LogP) is 4.40. The molecule has 2 rings (SSSR count). The maximum atomic E-state index is 12.5. The number of ether oxygens (including phenoxy) is 1. The highest BCUT2D eigenvalue weighted by Gasteiger charge is 2.26. The molecule has 0 bridgehead atoms. The molecule has 0 spiro atoms. The van der Waals surface area contributed by atoms with E-state index in [-0.39, 0.29) is 18.4 Å². The second-order valence-electron chi connectivity index (χ2n) is 6.56. The molecule has 0 aliphatic carbocycles. The highest BCUT2D eigenvalue weighted by atomic mass is 79.9. The quantitative estimate of drug-likeness (QED) is 0.511. The first-order valence-corrected chi connectivity index (χ1v) is 9.59. The van der Waals surface area contributed by atoms with Crippen molar-refractivity contribution in [2.45, 2.75) is 37.7 Å². The van der Waals surface area contributed by atoms with Crippen LogP contribution in [0, 0.1) is 5.92 Å². The minimum absolute atomic E-state index is 0.195. The molecule has 2 aromatic rings. The number of hydrogen-bond acceptors (Lipinski definition) is 3. The topological polar surface area (TPSA) is 55.4 Å². The van der Waals surface area contributed by atoms with E-state index in [2.05, 4.69) is 21.2 Å². The maximum Gasteiger partial charge on any atom is 0.328 e. The van der Waals surface area contributed by atoms with E-state index >= 15 is 0 Å². The first-order valence-electron chi connectivity index (χ1n) is 8.67. The van der Waals surface area contributed by atoms with Gasteiger partial charge in [-0.25, -0.2) is 4.79 Å². The van der Waals surface area contributed by atoms with E-state index in [1.165, 1.54) is 0 Å². The summed E-state index contributed by atoms with van der Waals surface area (Å²) in [5, 5.41) is 2.82. The number of esters is 1. The summed E-state index contributed by atoms with van der Waals surface area (Å²) in [6.45, 7) is 4.21. The Morgan fingerprint density at radius 3 is 2.15 bits per heavy atom. The number of alkyl halides is 1. The number of nitrogens with one attached hydrogen (secondary N) is 1. The van der Waals surface area contributed by atoms with Gasteiger partial charge in [0.2, 0.25) is 5.91 Å². The lowest BCUT2D eigenvalue weighted by Gasteiger charge is -2.21. The fourth-order valence-corrected chi connectivity index (χ4v) is 2.97. The van der Waals surface area contributed by atoms with Crippen LogP contribution in [0.25, 0.3) is 0 Å². The zero-order valence-corrected chi connectivity index (χ0v) is 16.6. The Balaban J connectivity index is 1.99. The van der Waals surface area contributed by atoms with Crippen molar-refractivity contribution in [3.8, 4) is 0 Å². The predicted molar refractivity (Wildman–Crippen MR) is 106 cm³/mol. The first kappa shape index (κ1) is 20.2. The van der Waals surface area contributed by atoms with Gasteiger partial charge in [-0.05, 0) is 23.5 Å². The van der Waals surface area contributed by atoms with E-state index < -0.39 is 16.8 Å². The van der Waals surface area contributed by atoms with E-state index in [0.717, 1.165) is 11.1 Å². The molecule has 0 aliphatic rings. The molecule has 138 valence electrons. The molecular weight excluding hydrogens is 394 g/mol. The molecule has 0 radical (unpaired) electrons. The molecular formula is C21H24BrNO3. The van der Waals surface area contributed by atoms with Crippen LogP contribution in [0.4, 0.5) is 0 Å². The number of hydrogen-bond donors (Lipinski definition) is 1. The molecule has 5 heteroatoms. The molecule has 0 saturated heterocycles. The molecule has 0 unspecified atom stereocenters. The number of amides is 1. The fourth-order valence-electron chi connectivity index (χ4n) is 2.53. The summed E-state index contributed by atoms with van der Waals surface area (Å²) in [6, 6.07) is 18.2. The summed E-state index contributed by atoms with van der Waals surface area (Å²) in [6.07, 6.45) is 0.522. The van der Waals surface area contributed by atoms with Crippen LogP contribution in [0.5, 0.6) is 0 Å². The van der Waals surface area contributed by atoms with Gasteiger partial charge >= 0.3 is 5.97 Å². The Hall–Kier alpha value is -2.14. The Bertz CT molecular complexity index is 704. The van der Waals surface area contributed by atoms with Crippen LogP contribution in [0.3, 0.4) is 0 Å². The Morgan fingerprint density at radius 2 is 1.58 bits per heavy atom. The number of benzene rings is 2. The van der Waals surface area contributed by atoms with Gasteiger partial charge in [-0.15, -0.1) is 0 Å². The summed E-state index contributed by atoms with van der Waals surface area (Å²) in [7, 11) is 0.